The molecule has 0 aliphatic carbocycles. The van der Waals surface area contributed by atoms with Crippen LogP contribution in [0.5, 0.6) is 5.75 Å². The zero-order valence-corrected chi connectivity index (χ0v) is 17.6. The largest absolute Gasteiger partial charge is 0.508 e. The number of carbonyl (C=O) groups excluding carboxylic acids is 2. The molecule has 32 heavy (non-hydrogen) atoms. The minimum atomic E-state index is -0.854. The number of hydrogen-bond donors (Lipinski definition) is 2. The number of nitrogens with zero attached hydrogens (tertiary/aromatic N) is 1. The van der Waals surface area contributed by atoms with Crippen molar-refractivity contribution in [2.75, 3.05) is 6.54 Å². The Hall–Kier alpha value is -3.64. The van der Waals surface area contributed by atoms with Crippen molar-refractivity contribution in [3.63, 3.8) is 0 Å². The van der Waals surface area contributed by atoms with Crippen LogP contribution in [-0.4, -0.2) is 33.3 Å². The number of carbonyl (C=O) groups is 2. The summed E-state index contributed by atoms with van der Waals surface area (Å²) in [6.45, 7) is 0.220. The fourth-order valence-corrected chi connectivity index (χ4v) is 3.90. The van der Waals surface area contributed by atoms with Crippen LogP contribution in [0.4, 0.5) is 4.39 Å². The summed E-state index contributed by atoms with van der Waals surface area (Å²) in [6.07, 6.45) is 0.468. The van der Waals surface area contributed by atoms with Gasteiger partial charge in [-0.3, -0.25) is 9.59 Å². The summed E-state index contributed by atoms with van der Waals surface area (Å²) in [7, 11) is 0. The number of phenolic OH excluding ortho intramolecular Hbond substituents is 1. The maximum atomic E-state index is 13.3. The zero-order valence-electron chi connectivity index (χ0n) is 16.8. The normalized spacial score (nSPS) is 17.7. The molecule has 1 amide bonds. The molecule has 2 N–H and O–H groups in total. The molecule has 4 rings (SSSR count). The van der Waals surface area contributed by atoms with Crippen molar-refractivity contribution in [3.05, 3.63) is 106 Å². The molecular weight excluding hydrogens is 433 g/mol. The lowest BCUT2D eigenvalue weighted by atomic mass is 9.95. The molecule has 7 heteroatoms. The molecule has 0 bridgehead atoms. The summed E-state index contributed by atoms with van der Waals surface area (Å²) >= 11 is 5.93. The topological polar surface area (TPSA) is 77.8 Å². The predicted octanol–water partition coefficient (Wildman–Crippen LogP) is 4.85. The Balaban J connectivity index is 1.76. The molecule has 1 unspecified atom stereocenters. The Morgan fingerprint density at radius 1 is 0.938 bits per heavy atom. The summed E-state index contributed by atoms with van der Waals surface area (Å²) < 4.78 is 13.3. The van der Waals surface area contributed by atoms with Gasteiger partial charge in [-0.15, -0.1) is 0 Å². The number of rotatable bonds is 5. The van der Waals surface area contributed by atoms with E-state index in [-0.39, 0.29) is 29.2 Å². The van der Waals surface area contributed by atoms with Gasteiger partial charge in [-0.05, 0) is 66.1 Å². The highest BCUT2D eigenvalue weighted by Crippen LogP contribution is 2.39. The second kappa shape index (κ2) is 8.85. The van der Waals surface area contributed by atoms with E-state index in [4.69, 9.17) is 11.6 Å². The molecule has 3 aromatic carbocycles. The Kier molecular flexibility index (Phi) is 5.97. The molecule has 1 aliphatic heterocycles. The maximum Gasteiger partial charge on any atom is 0.295 e. The van der Waals surface area contributed by atoms with Crippen LogP contribution >= 0.6 is 11.6 Å². The highest BCUT2D eigenvalue weighted by molar-refractivity contribution is 6.46. The van der Waals surface area contributed by atoms with Crippen LogP contribution in [0.15, 0.2) is 78.4 Å². The van der Waals surface area contributed by atoms with Gasteiger partial charge in [-0.1, -0.05) is 35.9 Å². The van der Waals surface area contributed by atoms with Gasteiger partial charge in [0.25, 0.3) is 11.7 Å². The number of aromatic hydroxyl groups is 1. The summed E-state index contributed by atoms with van der Waals surface area (Å²) in [5.74, 6) is -2.39. The summed E-state index contributed by atoms with van der Waals surface area (Å²) in [5, 5.41) is 21.2. The van der Waals surface area contributed by atoms with Gasteiger partial charge in [0.05, 0.1) is 11.6 Å². The third-order valence-corrected chi connectivity index (χ3v) is 5.67. The van der Waals surface area contributed by atoms with Crippen molar-refractivity contribution in [3.8, 4) is 5.75 Å². The van der Waals surface area contributed by atoms with E-state index in [9.17, 15) is 24.2 Å². The van der Waals surface area contributed by atoms with Crippen molar-refractivity contribution in [2.45, 2.75) is 12.5 Å². The van der Waals surface area contributed by atoms with Crippen molar-refractivity contribution in [1.82, 2.24) is 4.90 Å². The van der Waals surface area contributed by atoms with Crippen LogP contribution in [0, 0.1) is 5.82 Å². The van der Waals surface area contributed by atoms with Gasteiger partial charge in [0.1, 0.15) is 17.3 Å². The van der Waals surface area contributed by atoms with Crippen LogP contribution in [0.1, 0.15) is 22.7 Å². The van der Waals surface area contributed by atoms with E-state index >= 15 is 0 Å². The number of phenols is 1. The minimum Gasteiger partial charge on any atom is -0.508 e. The number of likely N-dealkylation sites (tertiary alicyclic amines) is 1. The fraction of sp³-hybridized carbons (Fsp3) is 0.120. The van der Waals surface area contributed by atoms with E-state index in [1.807, 2.05) is 12.1 Å². The first-order valence-corrected chi connectivity index (χ1v) is 10.3. The lowest BCUT2D eigenvalue weighted by Gasteiger charge is -2.25. The summed E-state index contributed by atoms with van der Waals surface area (Å²) in [6, 6.07) is 17.4. The van der Waals surface area contributed by atoms with Gasteiger partial charge >= 0.3 is 0 Å². The first kappa shape index (κ1) is 21.6. The molecule has 1 fully saturated rings. The van der Waals surface area contributed by atoms with Crippen LogP contribution < -0.4 is 0 Å². The zero-order chi connectivity index (χ0) is 22.8. The highest BCUT2D eigenvalue weighted by Gasteiger charge is 2.45. The smallest absolute Gasteiger partial charge is 0.295 e. The van der Waals surface area contributed by atoms with Gasteiger partial charge in [-0.25, -0.2) is 4.39 Å². The van der Waals surface area contributed by atoms with Crippen molar-refractivity contribution >= 4 is 29.1 Å². The Morgan fingerprint density at radius 3 is 2.19 bits per heavy atom. The number of amides is 1. The number of halogens is 2. The van der Waals surface area contributed by atoms with Crippen molar-refractivity contribution < 1.29 is 24.2 Å². The number of aliphatic hydroxyl groups is 1. The molecular formula is C25H19ClFNO4. The quantitative estimate of drug-likeness (QED) is 0.330. The molecule has 0 saturated carbocycles. The van der Waals surface area contributed by atoms with Crippen molar-refractivity contribution in [1.29, 1.82) is 0 Å². The first-order valence-electron chi connectivity index (χ1n) is 9.93. The molecule has 5 nitrogen and oxygen atoms in total. The van der Waals surface area contributed by atoms with Gasteiger partial charge in [0, 0.05) is 17.1 Å². The molecule has 0 radical (unpaired) electrons. The Morgan fingerprint density at radius 2 is 1.56 bits per heavy atom. The molecule has 1 aliphatic rings. The Bertz CT molecular complexity index is 1190. The number of hydrogen-bond acceptors (Lipinski definition) is 4. The second-order valence-electron chi connectivity index (χ2n) is 7.47. The van der Waals surface area contributed by atoms with E-state index in [1.165, 1.54) is 41.3 Å². The van der Waals surface area contributed by atoms with Gasteiger partial charge in [-0.2, -0.15) is 0 Å². The maximum absolute atomic E-state index is 13.3. The third kappa shape index (κ3) is 4.22. The average molecular weight is 452 g/mol. The highest BCUT2D eigenvalue weighted by atomic mass is 35.5. The fourth-order valence-electron chi connectivity index (χ4n) is 3.78. The van der Waals surface area contributed by atoms with Crippen LogP contribution in [0.3, 0.4) is 0 Å². The number of benzene rings is 3. The summed E-state index contributed by atoms with van der Waals surface area (Å²) in [5.41, 5.74) is 1.63. The van der Waals surface area contributed by atoms with Gasteiger partial charge in [0.15, 0.2) is 0 Å². The molecule has 1 atom stereocenters. The molecule has 0 spiro atoms. The number of aliphatic hydroxyl groups excluding tert-OH is 1. The number of Topliss-reactive ketones (excluding diaryl/α,β-unsaturated/α-hetero) is 1. The Labute approximate surface area is 189 Å². The predicted molar refractivity (Wildman–Crippen MR) is 119 cm³/mol. The van der Waals surface area contributed by atoms with E-state index < -0.39 is 23.5 Å². The average Bonchev–Trinajstić information content (AvgIpc) is 3.04. The molecule has 1 heterocycles. The van der Waals surface area contributed by atoms with Crippen molar-refractivity contribution in [2.24, 2.45) is 0 Å². The lowest BCUT2D eigenvalue weighted by molar-refractivity contribution is -0.139. The standard InChI is InChI=1S/C25H19ClFNO4/c26-18-7-1-15(2-8-18)13-14-28-22(16-5-11-20(29)12-6-16)21(24(31)25(28)32)23(30)17-3-9-19(27)10-4-17/h1-12,22,29-30H,13-14H2/b23-21-. The monoisotopic (exact) mass is 451 g/mol. The van der Waals surface area contributed by atoms with Crippen LogP contribution in [0.2, 0.25) is 5.02 Å². The van der Waals surface area contributed by atoms with Crippen LogP contribution in [-0.2, 0) is 16.0 Å². The second-order valence-corrected chi connectivity index (χ2v) is 7.90. The molecule has 162 valence electrons. The third-order valence-electron chi connectivity index (χ3n) is 5.42. The van der Waals surface area contributed by atoms with E-state index in [2.05, 4.69) is 0 Å². The van der Waals surface area contributed by atoms with Crippen LogP contribution in [0.25, 0.3) is 5.76 Å². The minimum absolute atomic E-state index is 0.0328. The molecule has 1 saturated heterocycles. The number of ketones is 1. The first-order chi connectivity index (χ1) is 15.3. The van der Waals surface area contributed by atoms with Gasteiger partial charge < -0.3 is 15.1 Å². The SMILES string of the molecule is O=C1C(=O)N(CCc2ccc(Cl)cc2)C(c2ccc(O)cc2)/C1=C(/O)c1ccc(F)cc1. The summed E-state index contributed by atoms with van der Waals surface area (Å²) in [4.78, 5) is 27.3. The lowest BCUT2D eigenvalue weighted by Crippen LogP contribution is -2.31. The van der Waals surface area contributed by atoms with E-state index in [0.29, 0.717) is 17.0 Å². The van der Waals surface area contributed by atoms with E-state index in [1.54, 1.807) is 24.3 Å². The molecule has 0 aromatic heterocycles. The molecule has 3 aromatic rings. The van der Waals surface area contributed by atoms with Gasteiger partial charge in [0.2, 0.25) is 0 Å². The van der Waals surface area contributed by atoms with E-state index in [0.717, 1.165) is 5.56 Å².